The van der Waals surface area contributed by atoms with Crippen LogP contribution >= 0.6 is 46.4 Å². The van der Waals surface area contributed by atoms with Crippen molar-refractivity contribution in [2.75, 3.05) is 6.61 Å². The van der Waals surface area contributed by atoms with Crippen LogP contribution in [0.4, 0.5) is 4.39 Å². The second-order valence-corrected chi connectivity index (χ2v) is 11.3. The first-order chi connectivity index (χ1) is 19.4. The highest BCUT2D eigenvalue weighted by Gasteiger charge is 2.30. The molecule has 5 atom stereocenters. The van der Waals surface area contributed by atoms with Gasteiger partial charge in [0.25, 0.3) is 0 Å². The molecule has 1 aliphatic rings. The average Bonchev–Trinajstić information content (AvgIpc) is 3.49. The van der Waals surface area contributed by atoms with Gasteiger partial charge in [0.1, 0.15) is 23.5 Å². The smallest absolute Gasteiger partial charge is 0.159 e. The van der Waals surface area contributed by atoms with Crippen LogP contribution in [-0.2, 0) is 14.2 Å². The van der Waals surface area contributed by atoms with Crippen molar-refractivity contribution in [2.45, 2.75) is 49.4 Å². The van der Waals surface area contributed by atoms with Crippen LogP contribution in [0.1, 0.15) is 53.7 Å². The fraction of sp³-hybridized carbons (Fsp3) is 0.300. The first-order valence-electron chi connectivity index (χ1n) is 12.9. The number of ether oxygens (including phenoxy) is 3. The summed E-state index contributed by atoms with van der Waals surface area (Å²) in [6.07, 6.45) is 5.68. The maximum Gasteiger partial charge on any atom is 0.159 e. The molecule has 40 heavy (non-hydrogen) atoms. The maximum atomic E-state index is 13.7. The van der Waals surface area contributed by atoms with Gasteiger partial charge in [-0.3, -0.25) is 0 Å². The highest BCUT2D eigenvalue weighted by Crippen LogP contribution is 2.38. The number of aromatic nitrogens is 2. The third-order valence-electron chi connectivity index (χ3n) is 6.74. The highest BCUT2D eigenvalue weighted by molar-refractivity contribution is 6.35. The second-order valence-electron chi connectivity index (χ2n) is 9.54. The fourth-order valence-electron chi connectivity index (χ4n) is 4.69. The summed E-state index contributed by atoms with van der Waals surface area (Å²) in [4.78, 5) is 4.11. The predicted octanol–water partition coefficient (Wildman–Crippen LogP) is 9.18. The highest BCUT2D eigenvalue weighted by atomic mass is 35.5. The van der Waals surface area contributed by atoms with E-state index in [4.69, 9.17) is 60.6 Å². The molecule has 1 saturated heterocycles. The van der Waals surface area contributed by atoms with Crippen molar-refractivity contribution in [1.29, 1.82) is 0 Å². The number of nitrogens with zero attached hydrogens (tertiary/aromatic N) is 2. The van der Waals surface area contributed by atoms with E-state index >= 15 is 0 Å². The van der Waals surface area contributed by atoms with E-state index in [-0.39, 0.29) is 11.9 Å². The van der Waals surface area contributed by atoms with Gasteiger partial charge >= 0.3 is 0 Å². The maximum absolute atomic E-state index is 13.7. The SMILES string of the molecule is Fc1ccc(C(OC2CCCC(COC(c3ccc(Cl)cc3)C(Cl)n3ccnc3)O2)c2ccc(Cl)cc2Cl)cc1. The number of halogens is 5. The summed E-state index contributed by atoms with van der Waals surface area (Å²) in [7, 11) is 0. The van der Waals surface area contributed by atoms with Gasteiger partial charge in [-0.25, -0.2) is 9.37 Å². The fourth-order valence-corrected chi connectivity index (χ4v) is 5.66. The van der Waals surface area contributed by atoms with Crippen molar-refractivity contribution in [3.8, 4) is 0 Å². The van der Waals surface area contributed by atoms with Crippen LogP contribution < -0.4 is 0 Å². The molecule has 0 radical (unpaired) electrons. The van der Waals surface area contributed by atoms with Crippen molar-refractivity contribution >= 4 is 46.4 Å². The summed E-state index contributed by atoms with van der Waals surface area (Å²) >= 11 is 25.6. The topological polar surface area (TPSA) is 45.5 Å². The Hall–Kier alpha value is -2.16. The number of hydrogen-bond donors (Lipinski definition) is 0. The molecule has 0 bridgehead atoms. The van der Waals surface area contributed by atoms with Gasteiger partial charge in [0.2, 0.25) is 0 Å². The van der Waals surface area contributed by atoms with Crippen LogP contribution in [0.5, 0.6) is 0 Å². The Kier molecular flexibility index (Phi) is 10.0. The summed E-state index contributed by atoms with van der Waals surface area (Å²) in [6.45, 7) is 0.300. The lowest BCUT2D eigenvalue weighted by Crippen LogP contribution is -2.34. The molecular formula is C30H27Cl4FN2O3. The first kappa shape index (κ1) is 29.3. The predicted molar refractivity (Wildman–Crippen MR) is 156 cm³/mol. The van der Waals surface area contributed by atoms with Crippen LogP contribution in [-0.4, -0.2) is 28.6 Å². The molecule has 5 unspecified atom stereocenters. The number of alkyl halides is 1. The van der Waals surface area contributed by atoms with Crippen LogP contribution in [0.15, 0.2) is 85.5 Å². The van der Waals surface area contributed by atoms with Crippen molar-refractivity contribution in [3.05, 3.63) is 123 Å². The Morgan fingerprint density at radius 1 is 0.950 bits per heavy atom. The van der Waals surface area contributed by atoms with Crippen molar-refractivity contribution in [2.24, 2.45) is 0 Å². The zero-order valence-electron chi connectivity index (χ0n) is 21.3. The minimum Gasteiger partial charge on any atom is -0.367 e. The zero-order chi connectivity index (χ0) is 28.1. The quantitative estimate of drug-likeness (QED) is 0.165. The Balaban J connectivity index is 1.30. The van der Waals surface area contributed by atoms with Gasteiger partial charge in [0.15, 0.2) is 6.29 Å². The first-order valence-corrected chi connectivity index (χ1v) is 14.4. The molecule has 1 fully saturated rings. The summed E-state index contributed by atoms with van der Waals surface area (Å²) < 4.78 is 34.7. The molecular weight excluding hydrogens is 597 g/mol. The molecule has 1 aliphatic heterocycles. The Morgan fingerprint density at radius 2 is 1.68 bits per heavy atom. The molecule has 0 spiro atoms. The molecule has 0 saturated carbocycles. The van der Waals surface area contributed by atoms with Gasteiger partial charge in [0.05, 0.1) is 19.0 Å². The molecule has 1 aromatic heterocycles. The second kappa shape index (κ2) is 13.7. The van der Waals surface area contributed by atoms with Crippen LogP contribution in [0, 0.1) is 5.82 Å². The summed E-state index contributed by atoms with van der Waals surface area (Å²) in [5, 5.41) is 1.60. The molecule has 3 aromatic carbocycles. The summed E-state index contributed by atoms with van der Waals surface area (Å²) in [5.74, 6) is -0.334. The molecule has 2 heterocycles. The lowest BCUT2D eigenvalue weighted by atomic mass is 10.0. The van der Waals surface area contributed by atoms with E-state index in [0.717, 1.165) is 24.0 Å². The van der Waals surface area contributed by atoms with E-state index in [1.807, 2.05) is 30.3 Å². The van der Waals surface area contributed by atoms with Crippen molar-refractivity contribution < 1.29 is 18.6 Å². The molecule has 5 rings (SSSR count). The van der Waals surface area contributed by atoms with E-state index in [9.17, 15) is 4.39 Å². The number of rotatable bonds is 10. The van der Waals surface area contributed by atoms with Gasteiger partial charge in [-0.2, -0.15) is 0 Å². The third kappa shape index (κ3) is 7.37. The van der Waals surface area contributed by atoms with Gasteiger partial charge in [-0.1, -0.05) is 76.7 Å². The van der Waals surface area contributed by atoms with Crippen LogP contribution in [0.2, 0.25) is 15.1 Å². The van der Waals surface area contributed by atoms with Crippen LogP contribution in [0.3, 0.4) is 0 Å². The monoisotopic (exact) mass is 622 g/mol. The Bertz CT molecular complexity index is 1370. The minimum atomic E-state index is -0.578. The van der Waals surface area contributed by atoms with Gasteiger partial charge in [-0.05, 0) is 66.8 Å². The number of imidazole rings is 1. The van der Waals surface area contributed by atoms with Crippen LogP contribution in [0.25, 0.3) is 0 Å². The molecule has 0 amide bonds. The Morgan fingerprint density at radius 3 is 2.38 bits per heavy atom. The van der Waals surface area contributed by atoms with Crippen molar-refractivity contribution in [3.63, 3.8) is 0 Å². The molecule has 10 heteroatoms. The lowest BCUT2D eigenvalue weighted by molar-refractivity contribution is -0.222. The van der Waals surface area contributed by atoms with Gasteiger partial charge < -0.3 is 18.8 Å². The van der Waals surface area contributed by atoms with Crippen molar-refractivity contribution in [1.82, 2.24) is 9.55 Å². The van der Waals surface area contributed by atoms with E-state index in [1.54, 1.807) is 47.6 Å². The minimum absolute atomic E-state index is 0.227. The zero-order valence-corrected chi connectivity index (χ0v) is 24.3. The standard InChI is InChI=1S/C30H27Cl4FN2O3/c31-21-8-4-20(5-9-21)29(30(34)37-15-14-36-18-37)38-17-24-2-1-3-27(39-24)40-28(19-6-11-23(35)12-7-19)25-13-10-22(32)16-26(25)33/h4-16,18,24,27-30H,1-3,17H2. The van der Waals surface area contributed by atoms with E-state index in [0.29, 0.717) is 33.7 Å². The van der Waals surface area contributed by atoms with Gasteiger partial charge in [-0.15, -0.1) is 0 Å². The van der Waals surface area contributed by atoms with E-state index in [1.165, 1.54) is 12.1 Å². The Labute approximate surface area is 252 Å². The summed E-state index contributed by atoms with van der Waals surface area (Å²) in [6, 6.07) is 18.8. The van der Waals surface area contributed by atoms with Gasteiger partial charge in [0, 0.05) is 33.0 Å². The number of benzene rings is 3. The molecule has 0 N–H and O–H groups in total. The lowest BCUT2D eigenvalue weighted by Gasteiger charge is -2.34. The molecule has 5 nitrogen and oxygen atoms in total. The summed E-state index contributed by atoms with van der Waals surface area (Å²) in [5.41, 5.74) is 1.82. The average molecular weight is 624 g/mol. The largest absolute Gasteiger partial charge is 0.367 e. The number of hydrogen-bond acceptors (Lipinski definition) is 4. The molecule has 210 valence electrons. The normalized spacial score (nSPS) is 19.7. The van der Waals surface area contributed by atoms with E-state index < -0.39 is 24.0 Å². The molecule has 4 aromatic rings. The third-order valence-corrected chi connectivity index (χ3v) is 8.00. The van der Waals surface area contributed by atoms with E-state index in [2.05, 4.69) is 4.98 Å². The molecule has 0 aliphatic carbocycles.